The molecule has 5 rings (SSSR count). The molecule has 0 aliphatic heterocycles. The molecular formula is C28H22ClO4. The van der Waals surface area contributed by atoms with Crippen LogP contribution in [0.15, 0.2) is 78.9 Å². The minimum absolute atomic E-state index is 0.0315. The van der Waals surface area contributed by atoms with Gasteiger partial charge in [0, 0.05) is 29.0 Å². The zero-order valence-corrected chi connectivity index (χ0v) is 18.7. The predicted molar refractivity (Wildman–Crippen MR) is 127 cm³/mol. The molecule has 0 aromatic heterocycles. The van der Waals surface area contributed by atoms with Gasteiger partial charge in [-0.25, -0.2) is 9.59 Å². The second kappa shape index (κ2) is 8.87. The third-order valence-electron chi connectivity index (χ3n) is 6.57. The first-order valence-electron chi connectivity index (χ1n) is 10.9. The van der Waals surface area contributed by atoms with E-state index in [9.17, 15) is 9.59 Å². The van der Waals surface area contributed by atoms with E-state index < -0.39 is 17.6 Å². The third-order valence-corrected chi connectivity index (χ3v) is 6.96. The number of halogens is 1. The fraction of sp³-hybridized carbons (Fsp3) is 0.214. The van der Waals surface area contributed by atoms with E-state index in [1.54, 1.807) is 6.47 Å². The van der Waals surface area contributed by atoms with Gasteiger partial charge in [0.15, 0.2) is 11.7 Å². The number of esters is 1. The predicted octanol–water partition coefficient (Wildman–Crippen LogP) is 5.78. The molecule has 0 spiro atoms. The van der Waals surface area contributed by atoms with E-state index in [2.05, 4.69) is 12.6 Å². The van der Waals surface area contributed by atoms with Crippen molar-refractivity contribution < 1.29 is 19.1 Å². The highest BCUT2D eigenvalue weighted by Crippen LogP contribution is 2.47. The maximum atomic E-state index is 12.9. The molecule has 4 nitrogen and oxygen atoms in total. The highest BCUT2D eigenvalue weighted by molar-refractivity contribution is 6.21. The molecule has 2 aliphatic rings. The van der Waals surface area contributed by atoms with Crippen LogP contribution in [-0.2, 0) is 31.9 Å². The van der Waals surface area contributed by atoms with Gasteiger partial charge in [-0.1, -0.05) is 84.9 Å². The van der Waals surface area contributed by atoms with Gasteiger partial charge in [-0.05, 0) is 40.7 Å². The average Bonchev–Trinajstić information content (AvgIpc) is 3.40. The van der Waals surface area contributed by atoms with Crippen molar-refractivity contribution in [3.63, 3.8) is 0 Å². The Hall–Kier alpha value is -3.37. The lowest BCUT2D eigenvalue weighted by Crippen LogP contribution is -2.21. The standard InChI is InChI=1S/C28H22ClO4/c1-17(28(31)33-27(29)24-14-13-18-7-2-3-9-20(18)24)15-19-8-6-12-22-21-10-4-5-11-23(21)26(25(19)22)32-16-30/h2-12,24,26-27H,1,13-15H2. The summed E-state index contributed by atoms with van der Waals surface area (Å²) in [7, 11) is 0. The third kappa shape index (κ3) is 3.85. The summed E-state index contributed by atoms with van der Waals surface area (Å²) >= 11 is 6.53. The fourth-order valence-corrected chi connectivity index (χ4v) is 5.38. The van der Waals surface area contributed by atoms with Crippen LogP contribution in [0.5, 0.6) is 0 Å². The molecule has 0 saturated carbocycles. The van der Waals surface area contributed by atoms with Crippen LogP contribution in [0.3, 0.4) is 0 Å². The second-order valence-corrected chi connectivity index (χ2v) is 8.86. The zero-order chi connectivity index (χ0) is 22.9. The van der Waals surface area contributed by atoms with E-state index in [-0.39, 0.29) is 12.3 Å². The van der Waals surface area contributed by atoms with Crippen molar-refractivity contribution in [1.82, 2.24) is 0 Å². The van der Waals surface area contributed by atoms with Gasteiger partial charge < -0.3 is 9.47 Å². The number of alkyl halides is 1. The quantitative estimate of drug-likeness (QED) is 0.256. The van der Waals surface area contributed by atoms with Gasteiger partial charge in [-0.2, -0.15) is 0 Å². The van der Waals surface area contributed by atoms with Gasteiger partial charge in [-0.3, -0.25) is 0 Å². The summed E-state index contributed by atoms with van der Waals surface area (Å²) in [5.41, 5.74) is 6.50. The van der Waals surface area contributed by atoms with E-state index >= 15 is 0 Å². The Labute approximate surface area is 197 Å². The number of ether oxygens (including phenoxy) is 2. The molecule has 0 amide bonds. The van der Waals surface area contributed by atoms with Crippen molar-refractivity contribution in [3.05, 3.63) is 107 Å². The molecule has 33 heavy (non-hydrogen) atoms. The molecule has 1 radical (unpaired) electrons. The summed E-state index contributed by atoms with van der Waals surface area (Å²) in [5, 5.41) is 0. The molecule has 3 atom stereocenters. The number of rotatable bonds is 7. The van der Waals surface area contributed by atoms with E-state index in [0.717, 1.165) is 46.2 Å². The number of carbonyl (C=O) groups excluding carboxylic acids is 2. The number of hydrogen-bond donors (Lipinski definition) is 0. The fourth-order valence-electron chi connectivity index (χ4n) is 5.04. The Balaban J connectivity index is 1.34. The molecule has 0 N–H and O–H groups in total. The molecule has 0 bridgehead atoms. The van der Waals surface area contributed by atoms with Crippen molar-refractivity contribution in [3.8, 4) is 11.1 Å². The summed E-state index contributed by atoms with van der Waals surface area (Å²) in [6.45, 7) is 5.55. The Bertz CT molecular complexity index is 1250. The molecule has 3 aromatic carbocycles. The molecule has 0 saturated heterocycles. The molecule has 0 fully saturated rings. The van der Waals surface area contributed by atoms with Crippen LogP contribution in [0.2, 0.25) is 0 Å². The van der Waals surface area contributed by atoms with Crippen molar-refractivity contribution in [2.75, 3.05) is 0 Å². The first kappa shape index (κ1) is 21.5. The van der Waals surface area contributed by atoms with Crippen molar-refractivity contribution in [1.29, 1.82) is 0 Å². The monoisotopic (exact) mass is 457 g/mol. The van der Waals surface area contributed by atoms with E-state index in [4.69, 9.17) is 21.1 Å². The van der Waals surface area contributed by atoms with Crippen molar-refractivity contribution in [2.24, 2.45) is 0 Å². The van der Waals surface area contributed by atoms with Crippen molar-refractivity contribution >= 4 is 24.0 Å². The molecule has 2 aliphatic carbocycles. The largest absolute Gasteiger partial charge is 0.444 e. The van der Waals surface area contributed by atoms with Gasteiger partial charge in [0.05, 0.1) is 0 Å². The first-order chi connectivity index (χ1) is 16.1. The van der Waals surface area contributed by atoms with Crippen LogP contribution in [0, 0.1) is 0 Å². The van der Waals surface area contributed by atoms with Gasteiger partial charge >= 0.3 is 12.4 Å². The number of hydrogen-bond acceptors (Lipinski definition) is 4. The van der Waals surface area contributed by atoms with E-state index in [0.29, 0.717) is 5.57 Å². The highest BCUT2D eigenvalue weighted by atomic mass is 35.5. The normalized spacial score (nSPS) is 18.6. The van der Waals surface area contributed by atoms with Crippen LogP contribution in [-0.4, -0.2) is 18.0 Å². The average molecular weight is 458 g/mol. The summed E-state index contributed by atoms with van der Waals surface area (Å²) in [4.78, 5) is 24.0. The second-order valence-electron chi connectivity index (χ2n) is 8.43. The molecule has 165 valence electrons. The van der Waals surface area contributed by atoms with Crippen LogP contribution >= 0.6 is 11.6 Å². The van der Waals surface area contributed by atoms with Crippen molar-refractivity contribution in [2.45, 2.75) is 36.8 Å². The summed E-state index contributed by atoms with van der Waals surface area (Å²) in [6.07, 6.45) is 1.47. The molecule has 5 heteroatoms. The van der Waals surface area contributed by atoms with Crippen LogP contribution in [0.4, 0.5) is 0 Å². The summed E-state index contributed by atoms with van der Waals surface area (Å²) in [6, 6.07) is 21.7. The number of carbonyl (C=O) groups is 1. The van der Waals surface area contributed by atoms with Gasteiger partial charge in [0.25, 0.3) is 0 Å². The van der Waals surface area contributed by atoms with E-state index in [1.165, 1.54) is 5.56 Å². The van der Waals surface area contributed by atoms with Crippen LogP contribution in [0.1, 0.15) is 46.3 Å². The van der Waals surface area contributed by atoms with Crippen LogP contribution < -0.4 is 0 Å². The molecule has 0 heterocycles. The number of fused-ring (bicyclic) bond motifs is 4. The first-order valence-corrected chi connectivity index (χ1v) is 11.4. The Morgan fingerprint density at radius 3 is 2.58 bits per heavy atom. The van der Waals surface area contributed by atoms with E-state index in [1.807, 2.05) is 60.7 Å². The van der Waals surface area contributed by atoms with Gasteiger partial charge in [0.2, 0.25) is 0 Å². The Morgan fingerprint density at radius 1 is 1.03 bits per heavy atom. The smallest absolute Gasteiger partial charge is 0.418 e. The SMILES string of the molecule is C=C(Cc1cccc2c1C(O[C]=O)c1ccccc1-2)C(=O)OC(Cl)C1CCc2ccccc21. The minimum atomic E-state index is -0.760. The Morgan fingerprint density at radius 2 is 1.76 bits per heavy atom. The molecule has 3 aromatic rings. The van der Waals surface area contributed by atoms with Gasteiger partial charge in [-0.15, -0.1) is 0 Å². The lowest BCUT2D eigenvalue weighted by Gasteiger charge is -2.20. The maximum absolute atomic E-state index is 12.9. The lowest BCUT2D eigenvalue weighted by molar-refractivity contribution is -0.141. The number of benzene rings is 3. The van der Waals surface area contributed by atoms with Gasteiger partial charge in [0.1, 0.15) is 0 Å². The minimum Gasteiger partial charge on any atom is -0.444 e. The number of aryl methyl sites for hydroxylation is 1. The van der Waals surface area contributed by atoms with Crippen LogP contribution in [0.25, 0.3) is 11.1 Å². The molecular weight excluding hydrogens is 436 g/mol. The highest BCUT2D eigenvalue weighted by Gasteiger charge is 2.34. The molecule has 3 unspecified atom stereocenters. The maximum Gasteiger partial charge on any atom is 0.418 e. The Kier molecular flexibility index (Phi) is 5.77. The summed E-state index contributed by atoms with van der Waals surface area (Å²) in [5.74, 6) is -0.553. The zero-order valence-electron chi connectivity index (χ0n) is 17.9. The topological polar surface area (TPSA) is 52.6 Å². The summed E-state index contributed by atoms with van der Waals surface area (Å²) < 4.78 is 10.9. The lowest BCUT2D eigenvalue weighted by atomic mass is 9.95.